The van der Waals surface area contributed by atoms with E-state index in [9.17, 15) is 5.11 Å². The van der Waals surface area contributed by atoms with Crippen molar-refractivity contribution in [3.63, 3.8) is 0 Å². The number of benzene rings is 1. The van der Waals surface area contributed by atoms with E-state index in [1.807, 2.05) is 0 Å². The van der Waals surface area contributed by atoms with Crippen LogP contribution >= 0.6 is 0 Å². The highest BCUT2D eigenvalue weighted by Crippen LogP contribution is 2.20. The number of aliphatic hydroxyl groups excluding tert-OH is 1. The number of likely N-dealkylation sites (tertiary alicyclic amines) is 1. The van der Waals surface area contributed by atoms with E-state index >= 15 is 0 Å². The highest BCUT2D eigenvalue weighted by Gasteiger charge is 2.23. The Morgan fingerprint density at radius 2 is 1.70 bits per heavy atom. The SMILES string of the molecule is OCC[C@H]1CCCCN1CCN1CCN(c2ccccc2)CC1. The largest absolute Gasteiger partial charge is 0.396 e. The minimum Gasteiger partial charge on any atom is -0.396 e. The van der Waals surface area contributed by atoms with Gasteiger partial charge in [0.2, 0.25) is 0 Å². The van der Waals surface area contributed by atoms with Crippen LogP contribution in [-0.4, -0.2) is 73.4 Å². The average molecular weight is 317 g/mol. The molecule has 2 heterocycles. The standard InChI is InChI=1S/C19H31N3O/c23-17-9-19-8-4-5-10-21(19)14-11-20-12-15-22(16-13-20)18-6-2-1-3-7-18/h1-3,6-7,19,23H,4-5,8-17H2/t19-/m1/s1. The van der Waals surface area contributed by atoms with Crippen LogP contribution in [0.15, 0.2) is 30.3 Å². The predicted molar refractivity (Wildman–Crippen MR) is 96.0 cm³/mol. The first-order valence-electron chi connectivity index (χ1n) is 9.24. The molecule has 1 aromatic carbocycles. The van der Waals surface area contributed by atoms with Gasteiger partial charge < -0.3 is 10.0 Å². The Labute approximate surface area is 140 Å². The van der Waals surface area contributed by atoms with Crippen molar-refractivity contribution >= 4 is 5.69 Å². The molecular formula is C19H31N3O. The zero-order valence-corrected chi connectivity index (χ0v) is 14.2. The number of piperazine rings is 1. The van der Waals surface area contributed by atoms with Crippen LogP contribution in [0.1, 0.15) is 25.7 Å². The first kappa shape index (κ1) is 16.7. The van der Waals surface area contributed by atoms with E-state index in [-0.39, 0.29) is 0 Å². The third kappa shape index (κ3) is 4.69. The van der Waals surface area contributed by atoms with E-state index in [1.54, 1.807) is 0 Å². The molecule has 3 rings (SSSR count). The van der Waals surface area contributed by atoms with Gasteiger partial charge >= 0.3 is 0 Å². The highest BCUT2D eigenvalue weighted by molar-refractivity contribution is 5.46. The van der Waals surface area contributed by atoms with Crippen LogP contribution in [0.3, 0.4) is 0 Å². The Kier molecular flexibility index (Phi) is 6.31. The van der Waals surface area contributed by atoms with Gasteiger partial charge in [0.05, 0.1) is 0 Å². The fourth-order valence-corrected chi connectivity index (χ4v) is 3.97. The van der Waals surface area contributed by atoms with Crippen molar-refractivity contribution in [2.75, 3.05) is 57.3 Å². The lowest BCUT2D eigenvalue weighted by Gasteiger charge is -2.39. The second kappa shape index (κ2) is 8.67. The second-order valence-corrected chi connectivity index (χ2v) is 6.86. The third-order valence-electron chi connectivity index (χ3n) is 5.41. The van der Waals surface area contributed by atoms with Gasteiger partial charge in [-0.3, -0.25) is 9.80 Å². The molecule has 1 atom stereocenters. The van der Waals surface area contributed by atoms with E-state index in [0.717, 1.165) is 39.1 Å². The fourth-order valence-electron chi connectivity index (χ4n) is 3.97. The van der Waals surface area contributed by atoms with Crippen LogP contribution in [0.25, 0.3) is 0 Å². The Morgan fingerprint density at radius 3 is 2.43 bits per heavy atom. The zero-order valence-electron chi connectivity index (χ0n) is 14.2. The molecule has 23 heavy (non-hydrogen) atoms. The monoisotopic (exact) mass is 317 g/mol. The molecule has 0 radical (unpaired) electrons. The Morgan fingerprint density at radius 1 is 0.913 bits per heavy atom. The van der Waals surface area contributed by atoms with E-state index in [2.05, 4.69) is 45.0 Å². The molecule has 0 saturated carbocycles. The number of rotatable bonds is 6. The lowest BCUT2D eigenvalue weighted by atomic mass is 10.00. The maximum Gasteiger partial charge on any atom is 0.0445 e. The number of hydrogen-bond donors (Lipinski definition) is 1. The Bertz CT molecular complexity index is 443. The summed E-state index contributed by atoms with van der Waals surface area (Å²) >= 11 is 0. The molecule has 2 aliphatic rings. The number of para-hydroxylation sites is 1. The fraction of sp³-hybridized carbons (Fsp3) is 0.684. The maximum atomic E-state index is 9.25. The van der Waals surface area contributed by atoms with Gasteiger partial charge in [-0.2, -0.15) is 0 Å². The highest BCUT2D eigenvalue weighted by atomic mass is 16.3. The van der Waals surface area contributed by atoms with Crippen molar-refractivity contribution in [1.82, 2.24) is 9.80 Å². The van der Waals surface area contributed by atoms with Crippen molar-refractivity contribution < 1.29 is 5.11 Å². The van der Waals surface area contributed by atoms with Crippen LogP contribution in [0.5, 0.6) is 0 Å². The van der Waals surface area contributed by atoms with Crippen molar-refractivity contribution in [2.45, 2.75) is 31.7 Å². The van der Waals surface area contributed by atoms with Crippen molar-refractivity contribution in [1.29, 1.82) is 0 Å². The Balaban J connectivity index is 1.42. The summed E-state index contributed by atoms with van der Waals surface area (Å²) in [6.45, 7) is 8.46. The van der Waals surface area contributed by atoms with Crippen LogP contribution in [0, 0.1) is 0 Å². The summed E-state index contributed by atoms with van der Waals surface area (Å²) in [6.07, 6.45) is 4.87. The van der Waals surface area contributed by atoms with E-state index < -0.39 is 0 Å². The van der Waals surface area contributed by atoms with Crippen LogP contribution in [-0.2, 0) is 0 Å². The molecule has 0 aromatic heterocycles. The van der Waals surface area contributed by atoms with Crippen molar-refractivity contribution in [3.8, 4) is 0 Å². The Hall–Kier alpha value is -1.10. The number of piperidine rings is 1. The molecule has 2 fully saturated rings. The summed E-state index contributed by atoms with van der Waals surface area (Å²) in [5, 5.41) is 9.25. The second-order valence-electron chi connectivity index (χ2n) is 6.86. The minimum absolute atomic E-state index is 0.330. The molecule has 0 unspecified atom stereocenters. The van der Waals surface area contributed by atoms with Gasteiger partial charge in [0.1, 0.15) is 0 Å². The molecule has 1 N–H and O–H groups in total. The first-order valence-corrected chi connectivity index (χ1v) is 9.24. The third-order valence-corrected chi connectivity index (χ3v) is 5.41. The summed E-state index contributed by atoms with van der Waals surface area (Å²) < 4.78 is 0. The molecular weight excluding hydrogens is 286 g/mol. The number of hydrogen-bond acceptors (Lipinski definition) is 4. The molecule has 4 nitrogen and oxygen atoms in total. The van der Waals surface area contributed by atoms with Gasteiger partial charge in [-0.25, -0.2) is 0 Å². The minimum atomic E-state index is 0.330. The molecule has 2 saturated heterocycles. The molecule has 0 spiro atoms. The number of nitrogens with zero attached hydrogens (tertiary/aromatic N) is 3. The van der Waals surface area contributed by atoms with E-state index in [1.165, 1.54) is 38.0 Å². The molecule has 2 aliphatic heterocycles. The number of aliphatic hydroxyl groups is 1. The van der Waals surface area contributed by atoms with Gasteiger partial charge in [-0.1, -0.05) is 24.6 Å². The van der Waals surface area contributed by atoms with Crippen LogP contribution in [0.2, 0.25) is 0 Å². The average Bonchev–Trinajstić information content (AvgIpc) is 2.62. The van der Waals surface area contributed by atoms with Gasteiger partial charge in [0.15, 0.2) is 0 Å². The molecule has 0 aliphatic carbocycles. The topological polar surface area (TPSA) is 30.0 Å². The van der Waals surface area contributed by atoms with Gasteiger partial charge in [-0.05, 0) is 37.9 Å². The summed E-state index contributed by atoms with van der Waals surface area (Å²) in [4.78, 5) is 7.71. The van der Waals surface area contributed by atoms with Crippen molar-refractivity contribution in [2.24, 2.45) is 0 Å². The molecule has 4 heteroatoms. The van der Waals surface area contributed by atoms with Gasteiger partial charge in [0, 0.05) is 57.6 Å². The molecule has 1 aromatic rings. The first-order chi connectivity index (χ1) is 11.4. The van der Waals surface area contributed by atoms with Crippen LogP contribution in [0.4, 0.5) is 5.69 Å². The van der Waals surface area contributed by atoms with E-state index in [0.29, 0.717) is 12.6 Å². The smallest absolute Gasteiger partial charge is 0.0445 e. The maximum absolute atomic E-state index is 9.25. The summed E-state index contributed by atoms with van der Waals surface area (Å²) in [6, 6.07) is 11.4. The summed E-state index contributed by atoms with van der Waals surface area (Å²) in [7, 11) is 0. The van der Waals surface area contributed by atoms with Gasteiger partial charge in [0.25, 0.3) is 0 Å². The molecule has 0 amide bonds. The lowest BCUT2D eigenvalue weighted by molar-refractivity contribution is 0.102. The normalized spacial score (nSPS) is 24.0. The van der Waals surface area contributed by atoms with Crippen LogP contribution < -0.4 is 4.90 Å². The predicted octanol–water partition coefficient (Wildman–Crippen LogP) is 2.05. The van der Waals surface area contributed by atoms with E-state index in [4.69, 9.17) is 0 Å². The molecule has 128 valence electrons. The van der Waals surface area contributed by atoms with Crippen molar-refractivity contribution in [3.05, 3.63) is 30.3 Å². The quantitative estimate of drug-likeness (QED) is 0.870. The van der Waals surface area contributed by atoms with Gasteiger partial charge in [-0.15, -0.1) is 0 Å². The summed E-state index contributed by atoms with van der Waals surface area (Å²) in [5.74, 6) is 0. The number of anilines is 1. The molecule has 0 bridgehead atoms. The summed E-state index contributed by atoms with van der Waals surface area (Å²) in [5.41, 5.74) is 1.35. The zero-order chi connectivity index (χ0) is 15.9. The lowest BCUT2D eigenvalue weighted by Crippen LogP contribution is -2.50.